The molecule has 0 unspecified atom stereocenters. The standard InChI is InChI=1S/C22H14N4O/c23-11-13-5-1-2-8-15(13)16-9-4-10-17-20(24)19-18(25-21(16)17)12-26(22(19)27)14-6-3-7-14/h1-10,12,27H,24H2. The molecule has 0 bridgehead atoms. The molecule has 0 saturated heterocycles. The van der Waals surface area contributed by atoms with Crippen LogP contribution in [-0.4, -0.2) is 14.7 Å². The predicted molar refractivity (Wildman–Crippen MR) is 107 cm³/mol. The van der Waals surface area contributed by atoms with Crippen LogP contribution < -0.4 is 5.73 Å². The maximum atomic E-state index is 10.7. The lowest BCUT2D eigenvalue weighted by molar-refractivity contribution is 0.450. The van der Waals surface area contributed by atoms with E-state index in [0.29, 0.717) is 27.7 Å². The largest absolute Gasteiger partial charge is 0.494 e. The number of para-hydroxylation sites is 1. The summed E-state index contributed by atoms with van der Waals surface area (Å²) in [7, 11) is 0. The maximum absolute atomic E-state index is 10.7. The molecule has 0 atom stereocenters. The number of benzene rings is 2. The van der Waals surface area contributed by atoms with Gasteiger partial charge in [-0.1, -0.05) is 42.5 Å². The highest BCUT2D eigenvalue weighted by Gasteiger charge is 2.19. The van der Waals surface area contributed by atoms with Crippen LogP contribution in [0.4, 0.5) is 5.69 Å². The number of fused-ring (bicyclic) bond motifs is 2. The minimum absolute atomic E-state index is 0.0790. The third-order valence-corrected chi connectivity index (χ3v) is 4.94. The highest BCUT2D eigenvalue weighted by Crippen LogP contribution is 2.40. The molecule has 1 aliphatic rings. The third kappa shape index (κ3) is 2.07. The SMILES string of the molecule is N#Cc1ccccc1-c1cccc2c(N)c3c(O)n(C4=CC=C4)cc3nc12. The highest BCUT2D eigenvalue weighted by atomic mass is 16.3. The summed E-state index contributed by atoms with van der Waals surface area (Å²) < 4.78 is 1.68. The van der Waals surface area contributed by atoms with E-state index in [4.69, 9.17) is 10.7 Å². The van der Waals surface area contributed by atoms with E-state index < -0.39 is 0 Å². The molecule has 0 radical (unpaired) electrons. The molecule has 0 aliphatic heterocycles. The van der Waals surface area contributed by atoms with E-state index in [1.165, 1.54) is 0 Å². The number of pyridine rings is 1. The van der Waals surface area contributed by atoms with Crippen molar-refractivity contribution in [2.45, 2.75) is 0 Å². The molecule has 27 heavy (non-hydrogen) atoms. The Hall–Kier alpha value is -4.04. The molecule has 5 nitrogen and oxygen atoms in total. The second kappa shape index (κ2) is 5.48. The number of allylic oxidation sites excluding steroid dienone is 4. The number of rotatable bonds is 2. The predicted octanol–water partition coefficient (Wildman–Crippen LogP) is 4.43. The van der Waals surface area contributed by atoms with Crippen LogP contribution in [0.2, 0.25) is 0 Å². The second-order valence-corrected chi connectivity index (χ2v) is 6.42. The van der Waals surface area contributed by atoms with Crippen molar-refractivity contribution in [2.24, 2.45) is 0 Å². The van der Waals surface area contributed by atoms with E-state index in [1.54, 1.807) is 16.8 Å². The number of aromatic hydroxyl groups is 1. The molecule has 0 saturated carbocycles. The van der Waals surface area contributed by atoms with E-state index in [9.17, 15) is 10.4 Å². The molecular formula is C22H14N4O. The van der Waals surface area contributed by atoms with Gasteiger partial charge in [0.25, 0.3) is 0 Å². The first kappa shape index (κ1) is 15.2. The van der Waals surface area contributed by atoms with Crippen LogP contribution >= 0.6 is 0 Å². The van der Waals surface area contributed by atoms with Gasteiger partial charge in [0.1, 0.15) is 0 Å². The molecule has 5 heteroatoms. The van der Waals surface area contributed by atoms with Crippen LogP contribution in [0.5, 0.6) is 5.88 Å². The summed E-state index contributed by atoms with van der Waals surface area (Å²) in [6, 6.07) is 15.4. The number of nitrogen functional groups attached to an aromatic ring is 1. The van der Waals surface area contributed by atoms with Gasteiger partial charge in [0.15, 0.2) is 0 Å². The van der Waals surface area contributed by atoms with Crippen molar-refractivity contribution in [2.75, 3.05) is 5.73 Å². The number of nitrogens with two attached hydrogens (primary N) is 1. The Morgan fingerprint density at radius 3 is 2.59 bits per heavy atom. The smallest absolute Gasteiger partial charge is 0.207 e. The van der Waals surface area contributed by atoms with Gasteiger partial charge in [-0.15, -0.1) is 0 Å². The van der Waals surface area contributed by atoms with Crippen LogP contribution in [0.3, 0.4) is 0 Å². The summed E-state index contributed by atoms with van der Waals surface area (Å²) in [5.74, 6) is 0.0790. The van der Waals surface area contributed by atoms with E-state index in [-0.39, 0.29) is 5.88 Å². The zero-order valence-corrected chi connectivity index (χ0v) is 14.2. The zero-order chi connectivity index (χ0) is 18.5. The number of hydrogen-bond donors (Lipinski definition) is 2. The molecular weight excluding hydrogens is 336 g/mol. The lowest BCUT2D eigenvalue weighted by Gasteiger charge is -2.11. The van der Waals surface area contributed by atoms with Crippen molar-refractivity contribution in [1.82, 2.24) is 9.55 Å². The molecule has 2 heterocycles. The van der Waals surface area contributed by atoms with Gasteiger partial charge in [-0.3, -0.25) is 4.57 Å². The number of nitrogens with zero attached hydrogens (tertiary/aromatic N) is 3. The third-order valence-electron chi connectivity index (χ3n) is 4.94. The molecule has 1 aliphatic carbocycles. The quantitative estimate of drug-likeness (QED) is 0.560. The number of nitriles is 1. The number of anilines is 1. The van der Waals surface area contributed by atoms with Gasteiger partial charge in [0.05, 0.1) is 33.7 Å². The Bertz CT molecular complexity index is 1350. The lowest BCUT2D eigenvalue weighted by atomic mass is 9.97. The molecule has 0 spiro atoms. The van der Waals surface area contributed by atoms with Crippen molar-refractivity contribution in [1.29, 1.82) is 5.26 Å². The Labute approximate surface area is 154 Å². The fourth-order valence-corrected chi connectivity index (χ4v) is 3.54. The molecule has 2 aromatic heterocycles. The maximum Gasteiger partial charge on any atom is 0.207 e. The fourth-order valence-electron chi connectivity index (χ4n) is 3.54. The van der Waals surface area contributed by atoms with Crippen molar-refractivity contribution >= 4 is 33.2 Å². The minimum Gasteiger partial charge on any atom is -0.494 e. The first-order valence-electron chi connectivity index (χ1n) is 8.49. The molecule has 0 fully saturated rings. The van der Waals surface area contributed by atoms with E-state index in [2.05, 4.69) is 6.07 Å². The van der Waals surface area contributed by atoms with Crippen molar-refractivity contribution in [3.05, 3.63) is 72.5 Å². The topological polar surface area (TPSA) is 87.9 Å². The van der Waals surface area contributed by atoms with Gasteiger partial charge in [-0.05, 0) is 18.2 Å². The summed E-state index contributed by atoms with van der Waals surface area (Å²) in [5.41, 5.74) is 11.3. The van der Waals surface area contributed by atoms with Crippen LogP contribution in [0.1, 0.15) is 5.56 Å². The Morgan fingerprint density at radius 1 is 1.07 bits per heavy atom. The summed E-state index contributed by atoms with van der Waals surface area (Å²) in [6.07, 6.45) is 7.50. The summed E-state index contributed by atoms with van der Waals surface area (Å²) in [4.78, 5) is 4.79. The Kier molecular flexibility index (Phi) is 3.09. The monoisotopic (exact) mass is 350 g/mol. The van der Waals surface area contributed by atoms with Gasteiger partial charge >= 0.3 is 0 Å². The van der Waals surface area contributed by atoms with Crippen molar-refractivity contribution < 1.29 is 5.11 Å². The fraction of sp³-hybridized carbons (Fsp3) is 0. The summed E-state index contributed by atoms with van der Waals surface area (Å²) in [6.45, 7) is 0. The van der Waals surface area contributed by atoms with E-state index >= 15 is 0 Å². The van der Waals surface area contributed by atoms with Gasteiger partial charge in [-0.25, -0.2) is 4.98 Å². The Morgan fingerprint density at radius 2 is 1.85 bits per heavy atom. The normalized spacial score (nSPS) is 12.8. The molecule has 4 aromatic rings. The van der Waals surface area contributed by atoms with Gasteiger partial charge < -0.3 is 10.8 Å². The van der Waals surface area contributed by atoms with Crippen LogP contribution in [-0.2, 0) is 0 Å². The molecule has 128 valence electrons. The highest BCUT2D eigenvalue weighted by molar-refractivity contribution is 6.12. The van der Waals surface area contributed by atoms with E-state index in [1.807, 2.05) is 54.6 Å². The average molecular weight is 350 g/mol. The molecule has 0 amide bonds. The molecule has 2 aromatic carbocycles. The molecule has 3 N–H and O–H groups in total. The Balaban J connectivity index is 1.87. The van der Waals surface area contributed by atoms with Gasteiger partial charge in [0, 0.05) is 28.4 Å². The van der Waals surface area contributed by atoms with E-state index in [0.717, 1.165) is 22.2 Å². The zero-order valence-electron chi connectivity index (χ0n) is 14.2. The van der Waals surface area contributed by atoms with Crippen LogP contribution in [0.25, 0.3) is 38.6 Å². The van der Waals surface area contributed by atoms with Crippen molar-refractivity contribution in [3.63, 3.8) is 0 Å². The summed E-state index contributed by atoms with van der Waals surface area (Å²) in [5, 5.41) is 21.4. The second-order valence-electron chi connectivity index (χ2n) is 6.42. The van der Waals surface area contributed by atoms with Crippen LogP contribution in [0.15, 0.2) is 66.9 Å². The first-order chi connectivity index (χ1) is 13.2. The summed E-state index contributed by atoms with van der Waals surface area (Å²) >= 11 is 0. The number of hydrogen-bond acceptors (Lipinski definition) is 4. The van der Waals surface area contributed by atoms with Crippen LogP contribution in [0, 0.1) is 11.3 Å². The lowest BCUT2D eigenvalue weighted by Crippen LogP contribution is -1.95. The average Bonchev–Trinajstić information content (AvgIpc) is 2.96. The van der Waals surface area contributed by atoms with Gasteiger partial charge in [0.2, 0.25) is 5.88 Å². The first-order valence-corrected chi connectivity index (χ1v) is 8.49. The molecule has 5 rings (SSSR count). The van der Waals surface area contributed by atoms with Gasteiger partial charge in [-0.2, -0.15) is 5.26 Å². The minimum atomic E-state index is 0.0790. The van der Waals surface area contributed by atoms with Crippen molar-refractivity contribution in [3.8, 4) is 23.1 Å². The number of aromatic nitrogens is 2.